The SMILES string of the molecule is C[C@@H]1O[C@H]1[C@](C)(O)[C@@H]1O[C@H]1c1ccccc1. The summed E-state index contributed by atoms with van der Waals surface area (Å²) in [4.78, 5) is 0. The van der Waals surface area contributed by atoms with Crippen LogP contribution < -0.4 is 0 Å². The molecule has 0 radical (unpaired) electrons. The minimum atomic E-state index is -0.875. The van der Waals surface area contributed by atoms with Gasteiger partial charge in [0, 0.05) is 0 Å². The molecule has 1 aromatic rings. The predicted molar refractivity (Wildman–Crippen MR) is 59.0 cm³/mol. The monoisotopic (exact) mass is 220 g/mol. The molecule has 86 valence electrons. The Hall–Kier alpha value is -0.900. The van der Waals surface area contributed by atoms with Gasteiger partial charge in [-0.1, -0.05) is 30.3 Å². The normalized spacial score (nSPS) is 40.2. The minimum absolute atomic E-state index is 0.0209. The number of hydrogen-bond donors (Lipinski definition) is 1. The minimum Gasteiger partial charge on any atom is -0.385 e. The van der Waals surface area contributed by atoms with Crippen LogP contribution in [-0.2, 0) is 9.47 Å². The molecule has 0 amide bonds. The number of epoxide rings is 2. The van der Waals surface area contributed by atoms with Crippen molar-refractivity contribution in [2.24, 2.45) is 0 Å². The molecule has 0 unspecified atom stereocenters. The van der Waals surface area contributed by atoms with Gasteiger partial charge >= 0.3 is 0 Å². The fraction of sp³-hybridized carbons (Fsp3) is 0.538. The van der Waals surface area contributed by atoms with Crippen LogP contribution in [0.2, 0.25) is 0 Å². The van der Waals surface area contributed by atoms with Crippen molar-refractivity contribution in [2.75, 3.05) is 0 Å². The van der Waals surface area contributed by atoms with E-state index >= 15 is 0 Å². The summed E-state index contributed by atoms with van der Waals surface area (Å²) < 4.78 is 10.9. The topological polar surface area (TPSA) is 45.3 Å². The molecule has 16 heavy (non-hydrogen) atoms. The molecule has 2 aliphatic rings. The lowest BCUT2D eigenvalue weighted by molar-refractivity contribution is 0.00344. The van der Waals surface area contributed by atoms with Gasteiger partial charge in [-0.25, -0.2) is 0 Å². The molecule has 2 heterocycles. The van der Waals surface area contributed by atoms with Crippen LogP contribution in [0.5, 0.6) is 0 Å². The van der Waals surface area contributed by atoms with Crippen LogP contribution in [0, 0.1) is 0 Å². The Morgan fingerprint density at radius 2 is 1.75 bits per heavy atom. The zero-order valence-corrected chi connectivity index (χ0v) is 9.46. The van der Waals surface area contributed by atoms with E-state index in [2.05, 4.69) is 0 Å². The number of ether oxygens (including phenoxy) is 2. The molecule has 0 bridgehead atoms. The largest absolute Gasteiger partial charge is 0.385 e. The van der Waals surface area contributed by atoms with Gasteiger partial charge < -0.3 is 14.6 Å². The molecule has 2 fully saturated rings. The van der Waals surface area contributed by atoms with E-state index in [0.29, 0.717) is 0 Å². The Morgan fingerprint density at radius 3 is 2.31 bits per heavy atom. The van der Waals surface area contributed by atoms with Crippen molar-refractivity contribution in [1.82, 2.24) is 0 Å². The lowest BCUT2D eigenvalue weighted by Crippen LogP contribution is -2.39. The van der Waals surface area contributed by atoms with Crippen LogP contribution in [-0.4, -0.2) is 29.0 Å². The molecule has 0 aliphatic carbocycles. The second-order valence-corrected chi connectivity index (χ2v) is 4.88. The van der Waals surface area contributed by atoms with Crippen LogP contribution in [0.1, 0.15) is 25.5 Å². The lowest BCUT2D eigenvalue weighted by Gasteiger charge is -2.18. The first-order valence-corrected chi connectivity index (χ1v) is 5.69. The van der Waals surface area contributed by atoms with E-state index in [9.17, 15) is 5.11 Å². The molecule has 0 saturated carbocycles. The highest BCUT2D eigenvalue weighted by atomic mass is 16.6. The highest BCUT2D eigenvalue weighted by Crippen LogP contribution is 2.50. The summed E-state index contributed by atoms with van der Waals surface area (Å²) in [6, 6.07) is 10.00. The predicted octanol–water partition coefficient (Wildman–Crippen LogP) is 1.66. The van der Waals surface area contributed by atoms with Crippen LogP contribution in [0.25, 0.3) is 0 Å². The summed E-state index contributed by atoms with van der Waals surface area (Å²) in [7, 11) is 0. The zero-order chi connectivity index (χ0) is 11.3. The highest BCUT2D eigenvalue weighted by molar-refractivity contribution is 5.25. The Bertz CT molecular complexity index is 387. The van der Waals surface area contributed by atoms with Crippen molar-refractivity contribution >= 4 is 0 Å². The van der Waals surface area contributed by atoms with Gasteiger partial charge in [0.1, 0.15) is 23.9 Å². The van der Waals surface area contributed by atoms with Crippen LogP contribution in [0.4, 0.5) is 0 Å². The van der Waals surface area contributed by atoms with Crippen LogP contribution >= 0.6 is 0 Å². The Balaban J connectivity index is 1.72. The molecular formula is C13H16O3. The standard InChI is InChI=1S/C13H16O3/c1-8-11(15-8)13(2,14)12-10(16-12)9-6-4-3-5-7-9/h3-8,10-12,14H,1-2H3/t8-,10-,11+,12+,13-/m0/s1. The maximum absolute atomic E-state index is 10.3. The maximum atomic E-state index is 10.3. The van der Waals surface area contributed by atoms with Crippen molar-refractivity contribution in [3.05, 3.63) is 35.9 Å². The van der Waals surface area contributed by atoms with Crippen LogP contribution in [0.3, 0.4) is 0 Å². The molecule has 1 N–H and O–H groups in total. The van der Waals surface area contributed by atoms with E-state index in [4.69, 9.17) is 9.47 Å². The van der Waals surface area contributed by atoms with Crippen molar-refractivity contribution in [2.45, 2.75) is 43.9 Å². The van der Waals surface area contributed by atoms with Gasteiger partial charge in [-0.05, 0) is 19.4 Å². The van der Waals surface area contributed by atoms with Crippen molar-refractivity contribution in [3.8, 4) is 0 Å². The van der Waals surface area contributed by atoms with Crippen molar-refractivity contribution in [3.63, 3.8) is 0 Å². The molecule has 0 spiro atoms. The van der Waals surface area contributed by atoms with Crippen molar-refractivity contribution < 1.29 is 14.6 Å². The Labute approximate surface area is 95.0 Å². The zero-order valence-electron chi connectivity index (χ0n) is 9.46. The molecule has 2 saturated heterocycles. The third kappa shape index (κ3) is 1.56. The summed E-state index contributed by atoms with van der Waals surface area (Å²) >= 11 is 0. The molecular weight excluding hydrogens is 204 g/mol. The second-order valence-electron chi connectivity index (χ2n) is 4.88. The first-order valence-electron chi connectivity index (χ1n) is 5.69. The third-order valence-electron chi connectivity index (χ3n) is 3.48. The summed E-state index contributed by atoms with van der Waals surface area (Å²) in [6.45, 7) is 3.77. The molecule has 3 nitrogen and oxygen atoms in total. The number of aliphatic hydroxyl groups is 1. The summed E-state index contributed by atoms with van der Waals surface area (Å²) in [5.41, 5.74) is 0.251. The van der Waals surface area contributed by atoms with Crippen molar-refractivity contribution in [1.29, 1.82) is 0 Å². The number of benzene rings is 1. The summed E-state index contributed by atoms with van der Waals surface area (Å²) in [5.74, 6) is 0. The van der Waals surface area contributed by atoms with Gasteiger partial charge in [0.25, 0.3) is 0 Å². The van der Waals surface area contributed by atoms with Gasteiger partial charge in [-0.15, -0.1) is 0 Å². The van der Waals surface area contributed by atoms with Gasteiger partial charge in [-0.2, -0.15) is 0 Å². The van der Waals surface area contributed by atoms with Gasteiger partial charge in [0.2, 0.25) is 0 Å². The van der Waals surface area contributed by atoms with E-state index < -0.39 is 5.60 Å². The second kappa shape index (κ2) is 3.29. The molecule has 0 aromatic heterocycles. The smallest absolute Gasteiger partial charge is 0.120 e. The Kier molecular flexibility index (Phi) is 2.11. The van der Waals surface area contributed by atoms with Gasteiger partial charge in [0.05, 0.1) is 6.10 Å². The average Bonchev–Trinajstić information content (AvgIpc) is 3.12. The highest BCUT2D eigenvalue weighted by Gasteiger charge is 2.62. The molecule has 2 aliphatic heterocycles. The lowest BCUT2D eigenvalue weighted by atomic mass is 9.92. The number of hydrogen-bond acceptors (Lipinski definition) is 3. The van der Waals surface area contributed by atoms with E-state index in [1.54, 1.807) is 6.92 Å². The summed E-state index contributed by atoms with van der Waals surface area (Å²) in [6.07, 6.45) is -0.0423. The van der Waals surface area contributed by atoms with E-state index in [0.717, 1.165) is 5.56 Å². The van der Waals surface area contributed by atoms with Crippen LogP contribution in [0.15, 0.2) is 30.3 Å². The molecule has 5 atom stereocenters. The fourth-order valence-corrected chi connectivity index (χ4v) is 2.41. The molecule has 1 aromatic carbocycles. The average molecular weight is 220 g/mol. The molecule has 3 rings (SSSR count). The quantitative estimate of drug-likeness (QED) is 0.788. The Morgan fingerprint density at radius 1 is 1.12 bits per heavy atom. The first kappa shape index (κ1) is 10.3. The summed E-state index contributed by atoms with van der Waals surface area (Å²) in [5, 5.41) is 10.3. The van der Waals surface area contributed by atoms with Gasteiger partial charge in [-0.3, -0.25) is 0 Å². The van der Waals surface area contributed by atoms with Gasteiger partial charge in [0.15, 0.2) is 0 Å². The third-order valence-corrected chi connectivity index (χ3v) is 3.48. The fourth-order valence-electron chi connectivity index (χ4n) is 2.41. The van der Waals surface area contributed by atoms with E-state index in [1.807, 2.05) is 37.3 Å². The maximum Gasteiger partial charge on any atom is 0.120 e. The first-order chi connectivity index (χ1) is 7.60. The number of rotatable bonds is 3. The van der Waals surface area contributed by atoms with E-state index in [-0.39, 0.29) is 24.4 Å². The molecule has 3 heteroatoms. The van der Waals surface area contributed by atoms with E-state index in [1.165, 1.54) is 0 Å².